The molecule has 0 radical (unpaired) electrons. The van der Waals surface area contributed by atoms with E-state index in [0.29, 0.717) is 11.1 Å². The van der Waals surface area contributed by atoms with E-state index < -0.39 is 51.7 Å². The van der Waals surface area contributed by atoms with Gasteiger partial charge in [-0.1, -0.05) is 36.8 Å². The number of nitro groups is 1. The fraction of sp³-hybridized carbons (Fsp3) is 0.355. The van der Waals surface area contributed by atoms with Crippen molar-refractivity contribution in [1.29, 1.82) is 0 Å². The molecule has 204 valence electrons. The summed E-state index contributed by atoms with van der Waals surface area (Å²) in [6.07, 6.45) is 2.47. The number of hydrogen-bond acceptors (Lipinski definition) is 7. The molecule has 1 heterocycles. The molecule has 6 rings (SSSR count). The van der Waals surface area contributed by atoms with Crippen LogP contribution in [0.3, 0.4) is 0 Å². The zero-order valence-electron chi connectivity index (χ0n) is 22.3. The van der Waals surface area contributed by atoms with E-state index in [0.717, 1.165) is 16.0 Å². The Labute approximate surface area is 230 Å². The Balaban J connectivity index is 1.49. The van der Waals surface area contributed by atoms with Crippen LogP contribution in [0.2, 0.25) is 0 Å². The zero-order valence-corrected chi connectivity index (χ0v) is 22.3. The molecule has 0 aromatic heterocycles. The number of imide groups is 1. The Hall–Kier alpha value is -4.40. The van der Waals surface area contributed by atoms with Crippen molar-refractivity contribution in [3.8, 4) is 5.75 Å². The second-order valence-electron chi connectivity index (χ2n) is 11.5. The van der Waals surface area contributed by atoms with Crippen LogP contribution in [0, 0.1) is 39.2 Å². The molecule has 1 N–H and O–H groups in total. The molecule has 4 aliphatic rings. The summed E-state index contributed by atoms with van der Waals surface area (Å²) in [4.78, 5) is 67.1. The highest BCUT2D eigenvalue weighted by molar-refractivity contribution is 6.22. The van der Waals surface area contributed by atoms with E-state index in [1.54, 1.807) is 38.1 Å². The quantitative estimate of drug-likeness (QED) is 0.259. The van der Waals surface area contributed by atoms with Gasteiger partial charge in [-0.25, -0.2) is 4.90 Å². The summed E-state index contributed by atoms with van der Waals surface area (Å²) in [5.41, 5.74) is 1.28. The number of carbonyl (C=O) groups excluding carboxylic acids is 4. The molecular weight excluding hydrogens is 512 g/mol. The molecule has 2 amide bonds. The van der Waals surface area contributed by atoms with E-state index in [-0.39, 0.29) is 41.5 Å². The Morgan fingerprint density at radius 3 is 2.35 bits per heavy atom. The smallest absolute Gasteiger partial charge is 0.271 e. The average Bonchev–Trinajstić information content (AvgIpc) is 3.20. The van der Waals surface area contributed by atoms with E-state index in [2.05, 4.69) is 0 Å². The first-order chi connectivity index (χ1) is 19.0. The van der Waals surface area contributed by atoms with Crippen molar-refractivity contribution in [1.82, 2.24) is 0 Å². The van der Waals surface area contributed by atoms with Crippen molar-refractivity contribution in [3.05, 3.63) is 87.0 Å². The summed E-state index contributed by atoms with van der Waals surface area (Å²) < 4.78 is 0. The number of ketones is 2. The molecule has 6 atom stereocenters. The van der Waals surface area contributed by atoms with Gasteiger partial charge in [-0.05, 0) is 67.5 Å². The maximum absolute atomic E-state index is 14.0. The largest absolute Gasteiger partial charge is 0.508 e. The number of Topliss-reactive ketones (excluding diaryl/α,β-unsaturated/α-hetero) is 2. The highest BCUT2D eigenvalue weighted by atomic mass is 16.6. The van der Waals surface area contributed by atoms with E-state index in [9.17, 15) is 34.4 Å². The molecule has 0 spiro atoms. The Kier molecular flexibility index (Phi) is 5.69. The summed E-state index contributed by atoms with van der Waals surface area (Å²) in [6, 6.07) is 12.0. The maximum atomic E-state index is 14.0. The summed E-state index contributed by atoms with van der Waals surface area (Å²) in [5.74, 6) is -4.17. The molecule has 1 saturated heterocycles. The summed E-state index contributed by atoms with van der Waals surface area (Å²) in [5, 5.41) is 21.3. The maximum Gasteiger partial charge on any atom is 0.271 e. The minimum absolute atomic E-state index is 0.0673. The standard InChI is InChI=1S/C31H28N2O7/c1-15-16(2)28(36)31(3)24(27(15)35)14-23-21(26(31)17-7-9-20(34)10-8-17)11-12-22-25(23)30(38)32(29(22)37)18-5-4-6-19(13-18)33(39)40/h4-11,13,22-26,34H,12,14H2,1-3H3/t22-,23+,24-,25-,26-,31+/m0/s1. The van der Waals surface area contributed by atoms with Crippen LogP contribution in [-0.2, 0) is 19.2 Å². The van der Waals surface area contributed by atoms with Crippen molar-refractivity contribution in [2.75, 3.05) is 4.90 Å². The average molecular weight is 541 g/mol. The van der Waals surface area contributed by atoms with Crippen LogP contribution in [0.5, 0.6) is 5.75 Å². The molecule has 9 heteroatoms. The molecule has 3 aliphatic carbocycles. The normalized spacial score (nSPS) is 31.5. The molecule has 9 nitrogen and oxygen atoms in total. The fourth-order valence-corrected chi connectivity index (χ4v) is 7.63. The zero-order chi connectivity index (χ0) is 28.7. The van der Waals surface area contributed by atoms with Gasteiger partial charge in [0.05, 0.1) is 27.9 Å². The van der Waals surface area contributed by atoms with Crippen LogP contribution in [0.1, 0.15) is 45.1 Å². The number of allylic oxidation sites excluding steroid dienone is 4. The van der Waals surface area contributed by atoms with Gasteiger partial charge < -0.3 is 5.11 Å². The lowest BCUT2D eigenvalue weighted by molar-refractivity contribution is -0.384. The molecule has 0 bridgehead atoms. The third kappa shape index (κ3) is 3.39. The summed E-state index contributed by atoms with van der Waals surface area (Å²) >= 11 is 0. The third-order valence-electron chi connectivity index (χ3n) is 9.70. The predicted octanol–water partition coefficient (Wildman–Crippen LogP) is 4.65. The predicted molar refractivity (Wildman–Crippen MR) is 144 cm³/mol. The highest BCUT2D eigenvalue weighted by Gasteiger charge is 2.64. The first-order valence-electron chi connectivity index (χ1n) is 13.3. The van der Waals surface area contributed by atoms with Crippen molar-refractivity contribution < 1.29 is 29.2 Å². The lowest BCUT2D eigenvalue weighted by atomic mass is 9.46. The van der Waals surface area contributed by atoms with E-state index >= 15 is 0 Å². The number of nitro benzene ring substituents is 1. The minimum atomic E-state index is -1.10. The van der Waals surface area contributed by atoms with Crippen molar-refractivity contribution in [2.45, 2.75) is 39.5 Å². The van der Waals surface area contributed by atoms with Crippen molar-refractivity contribution in [2.24, 2.45) is 29.1 Å². The fourth-order valence-electron chi connectivity index (χ4n) is 7.63. The lowest BCUT2D eigenvalue weighted by Gasteiger charge is -2.54. The van der Waals surface area contributed by atoms with Gasteiger partial charge >= 0.3 is 0 Å². The Morgan fingerprint density at radius 1 is 0.975 bits per heavy atom. The van der Waals surface area contributed by atoms with Gasteiger partial charge in [-0.3, -0.25) is 29.3 Å². The van der Waals surface area contributed by atoms with E-state index in [4.69, 9.17) is 0 Å². The minimum Gasteiger partial charge on any atom is -0.508 e. The number of aromatic hydroxyl groups is 1. The number of anilines is 1. The lowest BCUT2D eigenvalue weighted by Crippen LogP contribution is -2.55. The number of fused-ring (bicyclic) bond motifs is 4. The first-order valence-corrected chi connectivity index (χ1v) is 13.3. The molecule has 1 saturated carbocycles. The van der Waals surface area contributed by atoms with Crippen LogP contribution in [0.4, 0.5) is 11.4 Å². The Morgan fingerprint density at radius 2 is 1.68 bits per heavy atom. The van der Waals surface area contributed by atoms with Crippen LogP contribution in [0.15, 0.2) is 71.3 Å². The molecule has 40 heavy (non-hydrogen) atoms. The van der Waals surface area contributed by atoms with E-state index in [1.807, 2.05) is 13.0 Å². The van der Waals surface area contributed by atoms with Gasteiger partial charge in [0.25, 0.3) is 5.69 Å². The molecule has 2 fully saturated rings. The third-order valence-corrected chi connectivity index (χ3v) is 9.70. The van der Waals surface area contributed by atoms with Gasteiger partial charge in [0.1, 0.15) is 5.75 Å². The number of hydrogen-bond donors (Lipinski definition) is 1. The number of benzene rings is 2. The molecule has 0 unspecified atom stereocenters. The topological polar surface area (TPSA) is 135 Å². The number of rotatable bonds is 3. The highest BCUT2D eigenvalue weighted by Crippen LogP contribution is 2.63. The molecule has 1 aliphatic heterocycles. The number of phenolic OH excluding ortho intramolecular Hbond substituents is 1. The number of carbonyl (C=O) groups is 4. The molecular formula is C31H28N2O7. The molecule has 2 aromatic rings. The van der Waals surface area contributed by atoms with Crippen molar-refractivity contribution >= 4 is 34.8 Å². The number of amides is 2. The van der Waals surface area contributed by atoms with Gasteiger partial charge in [0, 0.05) is 24.0 Å². The van der Waals surface area contributed by atoms with Crippen LogP contribution in [-0.4, -0.2) is 33.4 Å². The van der Waals surface area contributed by atoms with Crippen molar-refractivity contribution in [3.63, 3.8) is 0 Å². The second-order valence-corrected chi connectivity index (χ2v) is 11.5. The monoisotopic (exact) mass is 540 g/mol. The summed E-state index contributed by atoms with van der Waals surface area (Å²) in [7, 11) is 0. The van der Waals surface area contributed by atoms with Gasteiger partial charge in [-0.2, -0.15) is 0 Å². The Bertz CT molecular complexity index is 1590. The summed E-state index contributed by atoms with van der Waals surface area (Å²) in [6.45, 7) is 5.16. The van der Waals surface area contributed by atoms with Gasteiger partial charge in [0.15, 0.2) is 11.6 Å². The first kappa shape index (κ1) is 25.9. The number of non-ortho nitro benzene ring substituents is 1. The number of nitrogens with zero attached hydrogens (tertiary/aromatic N) is 2. The van der Waals surface area contributed by atoms with Crippen LogP contribution < -0.4 is 4.90 Å². The molecule has 2 aromatic carbocycles. The van der Waals surface area contributed by atoms with Gasteiger partial charge in [-0.15, -0.1) is 0 Å². The SMILES string of the molecule is CC1=C(C)C(=O)[C@@]2(C)[C@@H](c3ccc(O)cc3)C3=CC[C@@H]4C(=O)N(c5cccc([N+](=O)[O-])c5)C(=O)[C@@H]4[C@@H]3C[C@H]2C1=O. The van der Waals surface area contributed by atoms with Crippen LogP contribution in [0.25, 0.3) is 0 Å². The van der Waals surface area contributed by atoms with Gasteiger partial charge in [0.2, 0.25) is 11.8 Å². The second kappa shape index (κ2) is 8.81. The number of phenols is 1. The van der Waals surface area contributed by atoms with Crippen LogP contribution >= 0.6 is 0 Å². The van der Waals surface area contributed by atoms with E-state index in [1.165, 1.54) is 24.3 Å².